The van der Waals surface area contributed by atoms with Crippen molar-refractivity contribution < 1.29 is 12.8 Å². The number of nitrogens with zero attached hydrogens (tertiary/aromatic N) is 3. The van der Waals surface area contributed by atoms with Gasteiger partial charge in [0.15, 0.2) is 5.17 Å². The zero-order valence-corrected chi connectivity index (χ0v) is 21.6. The molecule has 0 bridgehead atoms. The number of fused-ring (bicyclic) bond motifs is 2. The Labute approximate surface area is 216 Å². The Balaban J connectivity index is 1.70. The summed E-state index contributed by atoms with van der Waals surface area (Å²) in [6.45, 7) is 3.74. The van der Waals surface area contributed by atoms with Crippen molar-refractivity contribution in [2.75, 3.05) is 0 Å². The van der Waals surface area contributed by atoms with Crippen LogP contribution in [0.4, 0.5) is 5.69 Å². The van der Waals surface area contributed by atoms with Crippen LogP contribution in [0, 0.1) is 0 Å². The van der Waals surface area contributed by atoms with Gasteiger partial charge in [0.05, 0.1) is 27.2 Å². The van der Waals surface area contributed by atoms with Crippen LogP contribution in [0.5, 0.6) is 0 Å². The molecule has 0 radical (unpaired) electrons. The van der Waals surface area contributed by atoms with Gasteiger partial charge in [0, 0.05) is 16.0 Å². The van der Waals surface area contributed by atoms with Gasteiger partial charge in [-0.1, -0.05) is 47.1 Å². The molecule has 0 atom stereocenters. The first kappa shape index (κ1) is 23.9. The summed E-state index contributed by atoms with van der Waals surface area (Å²) < 4.78 is 34.6. The Morgan fingerprint density at radius 3 is 2.54 bits per heavy atom. The minimum atomic E-state index is -3.86. The van der Waals surface area contributed by atoms with E-state index >= 15 is 0 Å². The highest BCUT2D eigenvalue weighted by atomic mass is 35.5. The summed E-state index contributed by atoms with van der Waals surface area (Å²) in [7, 11) is -3.86. The Bertz CT molecular complexity index is 1660. The number of halogens is 2. The minimum Gasteiger partial charge on any atom is -0.419 e. The molecule has 3 aromatic carbocycles. The molecule has 0 spiro atoms. The van der Waals surface area contributed by atoms with Gasteiger partial charge in [-0.05, 0) is 62.4 Å². The van der Waals surface area contributed by atoms with Crippen molar-refractivity contribution in [2.24, 2.45) is 9.98 Å². The second kappa shape index (κ2) is 9.31. The average molecular weight is 545 g/mol. The largest absolute Gasteiger partial charge is 0.419 e. The molecular weight excluding hydrogens is 527 g/mol. The zero-order valence-electron chi connectivity index (χ0n) is 18.5. The first-order valence-electron chi connectivity index (χ1n) is 10.5. The predicted octanol–water partition coefficient (Wildman–Crippen LogP) is 6.18. The lowest BCUT2D eigenvalue weighted by Gasteiger charge is -2.21. The topological polar surface area (TPSA) is 96.9 Å². The normalized spacial score (nSPS) is 16.5. The predicted molar refractivity (Wildman–Crippen MR) is 140 cm³/mol. The summed E-state index contributed by atoms with van der Waals surface area (Å²) in [6.07, 6.45) is 0. The van der Waals surface area contributed by atoms with Gasteiger partial charge in [0.2, 0.25) is 11.4 Å². The number of para-hydroxylation sites is 1. The number of hydrogen-bond acceptors (Lipinski definition) is 7. The van der Waals surface area contributed by atoms with Crippen molar-refractivity contribution in [2.45, 2.75) is 29.7 Å². The number of amidine groups is 1. The lowest BCUT2D eigenvalue weighted by molar-refractivity contribution is 0.505. The number of aliphatic imine (C=N–C) groups is 1. The van der Waals surface area contributed by atoms with E-state index in [2.05, 4.69) is 19.7 Å². The molecule has 0 saturated heterocycles. The molecule has 4 aromatic rings. The molecule has 11 heteroatoms. The number of hydrogen-bond donors (Lipinski definition) is 1. The summed E-state index contributed by atoms with van der Waals surface area (Å²) in [5.41, 5.74) is 1.90. The first-order valence-corrected chi connectivity index (χ1v) is 13.6. The van der Waals surface area contributed by atoms with E-state index in [1.54, 1.807) is 30.3 Å². The van der Waals surface area contributed by atoms with Gasteiger partial charge < -0.3 is 4.42 Å². The zero-order chi connectivity index (χ0) is 24.7. The molecule has 2 heterocycles. The molecule has 0 saturated carbocycles. The van der Waals surface area contributed by atoms with Gasteiger partial charge in [0.25, 0.3) is 10.0 Å². The fourth-order valence-electron chi connectivity index (χ4n) is 3.43. The molecule has 35 heavy (non-hydrogen) atoms. The van der Waals surface area contributed by atoms with Gasteiger partial charge >= 0.3 is 0 Å². The Hall–Kier alpha value is -2.85. The monoisotopic (exact) mass is 544 g/mol. The van der Waals surface area contributed by atoms with E-state index in [-0.39, 0.29) is 16.8 Å². The van der Waals surface area contributed by atoms with E-state index < -0.39 is 10.0 Å². The molecule has 178 valence electrons. The Kier molecular flexibility index (Phi) is 6.35. The van der Waals surface area contributed by atoms with Crippen LogP contribution in [0.25, 0.3) is 22.4 Å². The van der Waals surface area contributed by atoms with Crippen molar-refractivity contribution in [1.82, 2.24) is 9.71 Å². The minimum absolute atomic E-state index is 0.0695. The van der Waals surface area contributed by atoms with E-state index in [1.807, 2.05) is 38.1 Å². The summed E-state index contributed by atoms with van der Waals surface area (Å²) >= 11 is 13.8. The molecule has 5 rings (SSSR count). The van der Waals surface area contributed by atoms with Crippen LogP contribution >= 0.6 is 35.0 Å². The van der Waals surface area contributed by atoms with Crippen molar-refractivity contribution >= 4 is 66.7 Å². The molecule has 1 aliphatic heterocycles. The van der Waals surface area contributed by atoms with E-state index in [1.165, 1.54) is 17.8 Å². The second-order valence-electron chi connectivity index (χ2n) is 7.94. The fourth-order valence-corrected chi connectivity index (χ4v) is 6.62. The van der Waals surface area contributed by atoms with Crippen LogP contribution in [0.3, 0.4) is 0 Å². The van der Waals surface area contributed by atoms with Gasteiger partial charge in [-0.25, -0.2) is 18.4 Å². The van der Waals surface area contributed by atoms with Crippen LogP contribution in [-0.4, -0.2) is 24.6 Å². The molecule has 1 aliphatic rings. The molecule has 0 unspecified atom stereocenters. The third-order valence-electron chi connectivity index (χ3n) is 4.96. The Morgan fingerprint density at radius 2 is 1.80 bits per heavy atom. The van der Waals surface area contributed by atoms with E-state index in [9.17, 15) is 8.42 Å². The van der Waals surface area contributed by atoms with Crippen molar-refractivity contribution in [3.05, 3.63) is 76.3 Å². The van der Waals surface area contributed by atoms with Crippen molar-refractivity contribution in [3.63, 3.8) is 0 Å². The van der Waals surface area contributed by atoms with Gasteiger partial charge in [0.1, 0.15) is 4.90 Å². The van der Waals surface area contributed by atoms with Gasteiger partial charge in [-0.3, -0.25) is 9.71 Å². The molecule has 7 nitrogen and oxygen atoms in total. The number of rotatable bonds is 3. The van der Waals surface area contributed by atoms with Crippen LogP contribution in [0.1, 0.15) is 13.8 Å². The number of sulfonamides is 1. The summed E-state index contributed by atoms with van der Waals surface area (Å²) in [5.74, 6) is 0.144. The number of nitrogens with one attached hydrogen (secondary N) is 1. The molecule has 1 N–H and O–H groups in total. The lowest BCUT2D eigenvalue weighted by Crippen LogP contribution is -2.33. The maximum Gasteiger partial charge on any atom is 0.264 e. The number of benzene rings is 3. The molecule has 0 aliphatic carbocycles. The van der Waals surface area contributed by atoms with E-state index in [0.29, 0.717) is 47.8 Å². The van der Waals surface area contributed by atoms with Gasteiger partial charge in [-0.15, -0.1) is 0 Å². The summed E-state index contributed by atoms with van der Waals surface area (Å²) in [5, 5.41) is 1.88. The highest BCUT2D eigenvalue weighted by molar-refractivity contribution is 8.16. The highest BCUT2D eigenvalue weighted by Crippen LogP contribution is 2.39. The summed E-state index contributed by atoms with van der Waals surface area (Å²) in [4.78, 5) is 14.1. The second-order valence-corrected chi connectivity index (χ2v) is 11.5. The molecular formula is C24H18Cl2N4O3S2. The highest BCUT2D eigenvalue weighted by Gasteiger charge is 2.30. The quantitative estimate of drug-likeness (QED) is 0.332. The van der Waals surface area contributed by atoms with Gasteiger partial charge in [-0.2, -0.15) is 0 Å². The standard InChI is InChI=1S/C24H18Cl2N4O3S2/c1-13(2)27-24-30-35(31,32)21-11-17(18(26)12-20(21)34-24)23-29-19-6-4-3-5-16(19)22(33-23)28-15-9-7-14(25)8-10-15/h3-13H,1-2H3,(H,27,30). The number of aromatic nitrogens is 1. The average Bonchev–Trinajstić information content (AvgIpc) is 2.79. The lowest BCUT2D eigenvalue weighted by atomic mass is 10.2. The van der Waals surface area contributed by atoms with Crippen LogP contribution in [-0.2, 0) is 10.0 Å². The van der Waals surface area contributed by atoms with Crippen molar-refractivity contribution in [1.29, 1.82) is 0 Å². The number of thioether (sulfide) groups is 1. The molecule has 1 aromatic heterocycles. The summed E-state index contributed by atoms with van der Waals surface area (Å²) in [6, 6.07) is 17.4. The SMILES string of the molecule is CC(C)N=C1NS(=O)(=O)c2cc(-c3nc4ccccc4c(=Nc4ccc(Cl)cc4)o3)c(Cl)cc2S1. The van der Waals surface area contributed by atoms with Crippen molar-refractivity contribution in [3.8, 4) is 11.5 Å². The molecule has 0 fully saturated rings. The van der Waals surface area contributed by atoms with Crippen LogP contribution in [0.15, 0.2) is 84.9 Å². The maximum atomic E-state index is 13.0. The molecule has 0 amide bonds. The fraction of sp³-hybridized carbons (Fsp3) is 0.125. The van der Waals surface area contributed by atoms with Crippen LogP contribution in [0.2, 0.25) is 10.0 Å². The van der Waals surface area contributed by atoms with Crippen LogP contribution < -0.4 is 10.3 Å². The maximum absolute atomic E-state index is 13.0. The first-order chi connectivity index (χ1) is 16.7. The Morgan fingerprint density at radius 1 is 1.06 bits per heavy atom. The van der Waals surface area contributed by atoms with E-state index in [0.717, 1.165) is 0 Å². The third-order valence-corrected chi connectivity index (χ3v) is 8.12. The smallest absolute Gasteiger partial charge is 0.264 e. The van der Waals surface area contributed by atoms with E-state index in [4.69, 9.17) is 27.6 Å². The third kappa shape index (κ3) is 4.95.